The van der Waals surface area contributed by atoms with Gasteiger partial charge in [0.25, 0.3) is 10.0 Å². The number of benzene rings is 1. The van der Waals surface area contributed by atoms with E-state index < -0.39 is 20.0 Å². The largest absolute Gasteiger partial charge is 0.252 e. The molecular weight excluding hydrogens is 440 g/mol. The first-order valence-corrected chi connectivity index (χ1v) is 13.4. The van der Waals surface area contributed by atoms with Crippen LogP contribution in [0.2, 0.25) is 5.02 Å². The van der Waals surface area contributed by atoms with E-state index >= 15 is 0 Å². The Labute approximate surface area is 175 Å². The number of piperidine rings is 1. The van der Waals surface area contributed by atoms with Crippen LogP contribution in [0, 0.1) is 0 Å². The third-order valence-electron chi connectivity index (χ3n) is 4.73. The molecule has 0 bridgehead atoms. The lowest BCUT2D eigenvalue weighted by atomic mass is 10.0. The minimum Gasteiger partial charge on any atom is -0.215 e. The van der Waals surface area contributed by atoms with E-state index in [0.717, 1.165) is 19.3 Å². The van der Waals surface area contributed by atoms with E-state index in [1.807, 2.05) is 0 Å². The zero-order valence-electron chi connectivity index (χ0n) is 15.3. The van der Waals surface area contributed by atoms with E-state index in [1.165, 1.54) is 15.6 Å². The Morgan fingerprint density at radius 1 is 1.11 bits per heavy atom. The van der Waals surface area contributed by atoms with Crippen molar-refractivity contribution < 1.29 is 16.8 Å². The van der Waals surface area contributed by atoms with Gasteiger partial charge in [0, 0.05) is 24.2 Å². The van der Waals surface area contributed by atoms with Gasteiger partial charge >= 0.3 is 0 Å². The molecule has 1 atom stereocenters. The summed E-state index contributed by atoms with van der Waals surface area (Å²) in [6.07, 6.45) is 2.93. The molecule has 0 saturated carbocycles. The van der Waals surface area contributed by atoms with E-state index in [1.54, 1.807) is 41.8 Å². The molecule has 0 radical (unpaired) electrons. The molecular formula is C18H23ClN2O4S3. The molecule has 2 heterocycles. The highest BCUT2D eigenvalue weighted by Gasteiger charge is 2.33. The summed E-state index contributed by atoms with van der Waals surface area (Å²) < 4.78 is 54.9. The molecule has 1 aromatic heterocycles. The third kappa shape index (κ3) is 5.34. The van der Waals surface area contributed by atoms with Crippen molar-refractivity contribution in [2.24, 2.45) is 0 Å². The zero-order chi connectivity index (χ0) is 20.2. The minimum absolute atomic E-state index is 0.188. The molecule has 0 aliphatic carbocycles. The van der Waals surface area contributed by atoms with Crippen molar-refractivity contribution in [3.8, 4) is 0 Å². The molecule has 154 valence electrons. The van der Waals surface area contributed by atoms with Crippen LogP contribution in [0.25, 0.3) is 0 Å². The van der Waals surface area contributed by atoms with Gasteiger partial charge in [0.1, 0.15) is 4.21 Å². The van der Waals surface area contributed by atoms with Gasteiger partial charge in [-0.15, -0.1) is 11.3 Å². The van der Waals surface area contributed by atoms with Gasteiger partial charge in [-0.25, -0.2) is 21.6 Å². The van der Waals surface area contributed by atoms with Crippen molar-refractivity contribution in [2.75, 3.05) is 13.1 Å². The Bertz CT molecular complexity index is 992. The number of hydrogen-bond acceptors (Lipinski definition) is 5. The number of nitrogens with zero attached hydrogens (tertiary/aromatic N) is 1. The van der Waals surface area contributed by atoms with Crippen molar-refractivity contribution in [1.82, 2.24) is 9.03 Å². The molecule has 1 saturated heterocycles. The lowest BCUT2D eigenvalue weighted by Gasteiger charge is -2.34. The topological polar surface area (TPSA) is 83.6 Å². The van der Waals surface area contributed by atoms with E-state index in [2.05, 4.69) is 4.72 Å². The maximum absolute atomic E-state index is 12.9. The van der Waals surface area contributed by atoms with Gasteiger partial charge in [0.15, 0.2) is 0 Å². The van der Waals surface area contributed by atoms with E-state index in [-0.39, 0.29) is 18.3 Å². The molecule has 6 nitrogen and oxygen atoms in total. The minimum atomic E-state index is -3.55. The monoisotopic (exact) mass is 462 g/mol. The fraction of sp³-hybridized carbons (Fsp3) is 0.444. The highest BCUT2D eigenvalue weighted by atomic mass is 35.5. The predicted octanol–water partition coefficient (Wildman–Crippen LogP) is 3.45. The smallest absolute Gasteiger partial charge is 0.215 e. The van der Waals surface area contributed by atoms with Crippen molar-refractivity contribution in [3.63, 3.8) is 0 Å². The summed E-state index contributed by atoms with van der Waals surface area (Å²) in [5, 5.41) is 2.16. The fourth-order valence-corrected chi connectivity index (χ4v) is 7.67. The summed E-state index contributed by atoms with van der Waals surface area (Å²) >= 11 is 7.24. The van der Waals surface area contributed by atoms with Gasteiger partial charge in [-0.1, -0.05) is 42.3 Å². The molecule has 0 amide bonds. The Kier molecular flexibility index (Phi) is 7.17. The summed E-state index contributed by atoms with van der Waals surface area (Å²) in [5.41, 5.74) is 0.538. The molecule has 10 heteroatoms. The van der Waals surface area contributed by atoms with Crippen LogP contribution in [0.4, 0.5) is 0 Å². The quantitative estimate of drug-likeness (QED) is 0.651. The maximum atomic E-state index is 12.9. The molecule has 1 fully saturated rings. The number of thiophene rings is 1. The zero-order valence-corrected chi connectivity index (χ0v) is 18.5. The van der Waals surface area contributed by atoms with Gasteiger partial charge in [-0.2, -0.15) is 4.31 Å². The van der Waals surface area contributed by atoms with Crippen LogP contribution in [-0.4, -0.2) is 40.3 Å². The average Bonchev–Trinajstić information content (AvgIpc) is 3.19. The van der Waals surface area contributed by atoms with E-state index in [0.29, 0.717) is 27.8 Å². The fourth-order valence-electron chi connectivity index (χ4n) is 3.36. The van der Waals surface area contributed by atoms with Crippen LogP contribution in [0.15, 0.2) is 46.0 Å². The van der Waals surface area contributed by atoms with E-state index in [9.17, 15) is 16.8 Å². The normalized spacial score (nSPS) is 19.0. The standard InChI is InChI=1S/C18H23ClN2O4S3/c19-17-8-2-1-6-15(17)14-27(22,23)20-11-10-16-7-3-4-12-21(16)28(24,25)18-9-5-13-26-18/h1-2,5-6,8-9,13,16,20H,3-4,7,10-12,14H2. The lowest BCUT2D eigenvalue weighted by Crippen LogP contribution is -2.45. The summed E-state index contributed by atoms with van der Waals surface area (Å²) in [6, 6.07) is 9.95. The van der Waals surface area contributed by atoms with Crippen LogP contribution in [0.5, 0.6) is 0 Å². The molecule has 28 heavy (non-hydrogen) atoms. The Morgan fingerprint density at radius 2 is 1.89 bits per heavy atom. The molecule has 1 aliphatic rings. The van der Waals surface area contributed by atoms with Crippen molar-refractivity contribution in [2.45, 2.75) is 41.7 Å². The van der Waals surface area contributed by atoms with Gasteiger partial charge in [-0.3, -0.25) is 0 Å². The second-order valence-corrected chi connectivity index (χ2v) is 12.0. The van der Waals surface area contributed by atoms with Gasteiger partial charge in [0.2, 0.25) is 10.0 Å². The van der Waals surface area contributed by atoms with Gasteiger partial charge in [-0.05, 0) is 42.3 Å². The first-order chi connectivity index (χ1) is 13.3. The molecule has 1 N–H and O–H groups in total. The predicted molar refractivity (Wildman–Crippen MR) is 113 cm³/mol. The average molecular weight is 463 g/mol. The molecule has 0 spiro atoms. The Hall–Kier alpha value is -0.970. The molecule has 2 aromatic rings. The van der Waals surface area contributed by atoms with Crippen molar-refractivity contribution in [3.05, 3.63) is 52.4 Å². The lowest BCUT2D eigenvalue weighted by molar-refractivity contribution is 0.242. The first-order valence-electron chi connectivity index (χ1n) is 9.06. The molecule has 1 aromatic carbocycles. The van der Waals surface area contributed by atoms with Gasteiger partial charge < -0.3 is 0 Å². The number of rotatable bonds is 8. The van der Waals surface area contributed by atoms with Crippen LogP contribution in [0.1, 0.15) is 31.2 Å². The van der Waals surface area contributed by atoms with Crippen LogP contribution in [0.3, 0.4) is 0 Å². The van der Waals surface area contributed by atoms with Crippen molar-refractivity contribution in [1.29, 1.82) is 0 Å². The van der Waals surface area contributed by atoms with Crippen LogP contribution >= 0.6 is 22.9 Å². The second kappa shape index (κ2) is 9.23. The maximum Gasteiger partial charge on any atom is 0.252 e. The van der Waals surface area contributed by atoms with Crippen LogP contribution in [-0.2, 0) is 25.8 Å². The van der Waals surface area contributed by atoms with Crippen LogP contribution < -0.4 is 4.72 Å². The van der Waals surface area contributed by atoms with Gasteiger partial charge in [0.05, 0.1) is 5.75 Å². The number of hydrogen-bond donors (Lipinski definition) is 1. The number of nitrogens with one attached hydrogen (secondary N) is 1. The first kappa shape index (κ1) is 21.7. The molecule has 1 aliphatic heterocycles. The Balaban J connectivity index is 1.62. The number of sulfonamides is 2. The summed E-state index contributed by atoms with van der Waals surface area (Å²) in [4.78, 5) is 0. The highest BCUT2D eigenvalue weighted by molar-refractivity contribution is 7.91. The number of halogens is 1. The second-order valence-electron chi connectivity index (χ2n) is 6.73. The van der Waals surface area contributed by atoms with Crippen molar-refractivity contribution >= 4 is 43.0 Å². The summed E-state index contributed by atoms with van der Waals surface area (Å²) in [7, 11) is -7.09. The summed E-state index contributed by atoms with van der Waals surface area (Å²) in [5.74, 6) is -0.200. The molecule has 1 unspecified atom stereocenters. The van der Waals surface area contributed by atoms with E-state index in [4.69, 9.17) is 11.6 Å². The Morgan fingerprint density at radius 3 is 2.61 bits per heavy atom. The third-order valence-corrected chi connectivity index (χ3v) is 9.76. The highest BCUT2D eigenvalue weighted by Crippen LogP contribution is 2.29. The molecule has 3 rings (SSSR count). The summed E-state index contributed by atoms with van der Waals surface area (Å²) in [6.45, 7) is 0.658. The SMILES string of the molecule is O=S(=O)(Cc1ccccc1Cl)NCCC1CCCCN1S(=O)(=O)c1cccs1.